The van der Waals surface area contributed by atoms with Gasteiger partial charge in [-0.15, -0.1) is 23.2 Å². The highest BCUT2D eigenvalue weighted by molar-refractivity contribution is 7.99. The lowest BCUT2D eigenvalue weighted by Crippen LogP contribution is -2.25. The molecule has 0 unspecified atom stereocenters. The van der Waals surface area contributed by atoms with Gasteiger partial charge in [-0.3, -0.25) is 9.36 Å². The van der Waals surface area contributed by atoms with E-state index in [1.165, 1.54) is 11.8 Å². The summed E-state index contributed by atoms with van der Waals surface area (Å²) < 4.78 is 1.67. The summed E-state index contributed by atoms with van der Waals surface area (Å²) in [6.45, 7) is 4.34. The van der Waals surface area contributed by atoms with Crippen LogP contribution in [0.25, 0.3) is 0 Å². The molecular weight excluding hydrogens is 238 g/mol. The van der Waals surface area contributed by atoms with Crippen LogP contribution in [-0.4, -0.2) is 33.0 Å². The molecule has 0 fully saturated rings. The lowest BCUT2D eigenvalue weighted by Gasteiger charge is -2.04. The molecule has 0 saturated heterocycles. The smallest absolute Gasteiger partial charge is 0.231 e. The number of hydrogen-bond donors (Lipinski definition) is 2. The summed E-state index contributed by atoms with van der Waals surface area (Å²) in [5.74, 6) is 2.69. The second-order valence-electron chi connectivity index (χ2n) is 3.01. The number of nitrogens with zero attached hydrogens (tertiary/aromatic N) is 3. The number of carbonyl (C=O) groups is 1. The molecule has 0 aliphatic heterocycles. The van der Waals surface area contributed by atoms with Crippen LogP contribution in [0, 0.1) is 12.3 Å². The summed E-state index contributed by atoms with van der Waals surface area (Å²) in [4.78, 5) is 11.3. The Labute approximate surface area is 104 Å². The molecule has 0 aliphatic carbocycles. The van der Waals surface area contributed by atoms with Gasteiger partial charge >= 0.3 is 0 Å². The van der Waals surface area contributed by atoms with Crippen molar-refractivity contribution in [2.75, 3.05) is 18.0 Å². The van der Waals surface area contributed by atoms with E-state index in [2.05, 4.69) is 28.0 Å². The standard InChI is InChI=1S/C10H13N5OS/c1-3-5-12-8(16)7-17-10-14-13-9(11)15(10)6-4-2/h1,4H,2,5-7H2,(H2,11,13)(H,12,16). The molecule has 0 aliphatic rings. The number of anilines is 1. The van der Waals surface area contributed by atoms with Gasteiger partial charge in [0.05, 0.1) is 12.3 Å². The van der Waals surface area contributed by atoms with Crippen molar-refractivity contribution < 1.29 is 4.79 Å². The second-order valence-corrected chi connectivity index (χ2v) is 3.95. The first-order valence-electron chi connectivity index (χ1n) is 4.81. The van der Waals surface area contributed by atoms with Crippen molar-refractivity contribution in [3.05, 3.63) is 12.7 Å². The summed E-state index contributed by atoms with van der Waals surface area (Å²) in [6.07, 6.45) is 6.71. The maximum Gasteiger partial charge on any atom is 0.231 e. The molecule has 3 N–H and O–H groups in total. The van der Waals surface area contributed by atoms with Crippen LogP contribution in [0.1, 0.15) is 0 Å². The molecule has 1 aromatic rings. The van der Waals surface area contributed by atoms with Gasteiger partial charge < -0.3 is 11.1 Å². The average Bonchev–Trinajstić information content (AvgIpc) is 2.66. The number of nitrogens with two attached hydrogens (primary N) is 1. The number of nitrogens with one attached hydrogen (secondary N) is 1. The Bertz CT molecular complexity index is 448. The zero-order chi connectivity index (χ0) is 12.7. The maximum atomic E-state index is 11.3. The summed E-state index contributed by atoms with van der Waals surface area (Å²) in [7, 11) is 0. The predicted molar refractivity (Wildman–Crippen MR) is 67.2 cm³/mol. The Kier molecular flexibility index (Phi) is 5.10. The molecule has 0 radical (unpaired) electrons. The Hall–Kier alpha value is -1.94. The van der Waals surface area contributed by atoms with E-state index >= 15 is 0 Å². The molecule has 0 aromatic carbocycles. The number of thioether (sulfide) groups is 1. The Morgan fingerprint density at radius 3 is 3.12 bits per heavy atom. The summed E-state index contributed by atoms with van der Waals surface area (Å²) in [5, 5.41) is 10.7. The van der Waals surface area contributed by atoms with Gasteiger partial charge in [-0.05, 0) is 0 Å². The largest absolute Gasteiger partial charge is 0.368 e. The Morgan fingerprint density at radius 2 is 2.47 bits per heavy atom. The molecule has 1 heterocycles. The van der Waals surface area contributed by atoms with E-state index in [0.717, 1.165) is 0 Å². The highest BCUT2D eigenvalue weighted by atomic mass is 32.2. The maximum absolute atomic E-state index is 11.3. The normalized spacial score (nSPS) is 9.59. The topological polar surface area (TPSA) is 85.8 Å². The number of hydrogen-bond acceptors (Lipinski definition) is 5. The Morgan fingerprint density at radius 1 is 1.71 bits per heavy atom. The van der Waals surface area contributed by atoms with Gasteiger partial charge in [0.15, 0.2) is 5.16 Å². The van der Waals surface area contributed by atoms with Crippen LogP contribution in [0.3, 0.4) is 0 Å². The van der Waals surface area contributed by atoms with E-state index in [1.54, 1.807) is 10.6 Å². The van der Waals surface area contributed by atoms with Crippen LogP contribution in [0.5, 0.6) is 0 Å². The number of carbonyl (C=O) groups excluding carboxylic acids is 1. The van der Waals surface area contributed by atoms with Crippen LogP contribution in [0.4, 0.5) is 5.95 Å². The van der Waals surface area contributed by atoms with Gasteiger partial charge in [0.1, 0.15) is 0 Å². The molecule has 1 aromatic heterocycles. The van der Waals surface area contributed by atoms with Crippen molar-refractivity contribution in [3.63, 3.8) is 0 Å². The number of amides is 1. The third kappa shape index (κ3) is 3.85. The molecular formula is C10H13N5OS. The third-order valence-corrected chi connectivity index (χ3v) is 2.74. The monoisotopic (exact) mass is 251 g/mol. The summed E-state index contributed by atoms with van der Waals surface area (Å²) >= 11 is 1.25. The SMILES string of the molecule is C#CCNC(=O)CSc1nnc(N)n1CC=C. The van der Waals surface area contributed by atoms with Gasteiger partial charge in [0.25, 0.3) is 0 Å². The van der Waals surface area contributed by atoms with Crippen molar-refractivity contribution in [2.45, 2.75) is 11.7 Å². The van der Waals surface area contributed by atoms with Crippen molar-refractivity contribution in [1.82, 2.24) is 20.1 Å². The quantitative estimate of drug-likeness (QED) is 0.418. The van der Waals surface area contributed by atoms with Crippen LogP contribution < -0.4 is 11.1 Å². The number of rotatable bonds is 6. The first kappa shape index (κ1) is 13.1. The van der Waals surface area contributed by atoms with Gasteiger partial charge in [0.2, 0.25) is 11.9 Å². The van der Waals surface area contributed by atoms with Gasteiger partial charge in [-0.1, -0.05) is 23.8 Å². The minimum Gasteiger partial charge on any atom is -0.368 e. The van der Waals surface area contributed by atoms with Crippen molar-refractivity contribution in [2.24, 2.45) is 0 Å². The zero-order valence-electron chi connectivity index (χ0n) is 9.22. The van der Waals surface area contributed by atoms with E-state index in [9.17, 15) is 4.79 Å². The van der Waals surface area contributed by atoms with Crippen molar-refractivity contribution >= 4 is 23.6 Å². The van der Waals surface area contributed by atoms with E-state index in [-0.39, 0.29) is 18.2 Å². The van der Waals surface area contributed by atoms with Crippen molar-refractivity contribution in [3.8, 4) is 12.3 Å². The highest BCUT2D eigenvalue weighted by Gasteiger charge is 2.10. The molecule has 0 atom stereocenters. The molecule has 17 heavy (non-hydrogen) atoms. The fraction of sp³-hybridized carbons (Fsp3) is 0.300. The second kappa shape index (κ2) is 6.60. The Balaban J connectivity index is 2.54. The fourth-order valence-electron chi connectivity index (χ4n) is 1.04. The van der Waals surface area contributed by atoms with E-state index in [4.69, 9.17) is 12.2 Å². The molecule has 0 spiro atoms. The lowest BCUT2D eigenvalue weighted by molar-refractivity contribution is -0.118. The first-order chi connectivity index (χ1) is 8.19. The van der Waals surface area contributed by atoms with Gasteiger partial charge in [-0.2, -0.15) is 0 Å². The highest BCUT2D eigenvalue weighted by Crippen LogP contribution is 2.17. The van der Waals surface area contributed by atoms with Gasteiger partial charge in [0, 0.05) is 6.54 Å². The fourth-order valence-corrected chi connectivity index (χ4v) is 1.82. The molecule has 90 valence electrons. The molecule has 6 nitrogen and oxygen atoms in total. The molecule has 0 saturated carbocycles. The molecule has 7 heteroatoms. The average molecular weight is 251 g/mol. The third-order valence-electron chi connectivity index (χ3n) is 1.78. The van der Waals surface area contributed by atoms with Crippen LogP contribution in [0.2, 0.25) is 0 Å². The first-order valence-corrected chi connectivity index (χ1v) is 5.80. The van der Waals surface area contributed by atoms with E-state index in [0.29, 0.717) is 17.6 Å². The van der Waals surface area contributed by atoms with Crippen LogP contribution in [-0.2, 0) is 11.3 Å². The molecule has 1 rings (SSSR count). The van der Waals surface area contributed by atoms with E-state index in [1.807, 2.05) is 0 Å². The minimum atomic E-state index is -0.153. The predicted octanol–water partition coefficient (Wildman–Crippen LogP) is -0.112. The number of terminal acetylenes is 1. The van der Waals surface area contributed by atoms with Gasteiger partial charge in [-0.25, -0.2) is 0 Å². The lowest BCUT2D eigenvalue weighted by atomic mass is 10.6. The van der Waals surface area contributed by atoms with Crippen LogP contribution >= 0.6 is 11.8 Å². The zero-order valence-corrected chi connectivity index (χ0v) is 10.0. The number of nitrogen functional groups attached to an aromatic ring is 1. The summed E-state index contributed by atoms with van der Waals surface area (Å²) in [6, 6.07) is 0. The minimum absolute atomic E-state index is 0.153. The number of allylic oxidation sites excluding steroid dienone is 1. The van der Waals surface area contributed by atoms with E-state index < -0.39 is 0 Å². The molecule has 0 bridgehead atoms. The number of aromatic nitrogens is 3. The van der Waals surface area contributed by atoms with Crippen LogP contribution in [0.15, 0.2) is 17.8 Å². The van der Waals surface area contributed by atoms with Crippen molar-refractivity contribution in [1.29, 1.82) is 0 Å². The summed E-state index contributed by atoms with van der Waals surface area (Å²) in [5.41, 5.74) is 5.62. The molecule has 1 amide bonds.